The molecule has 0 aromatic heterocycles. The third-order valence-corrected chi connectivity index (χ3v) is 6.60. The molecule has 2 aromatic carbocycles. The summed E-state index contributed by atoms with van der Waals surface area (Å²) in [4.78, 5) is 31.7. The maximum atomic E-state index is 13.5. The van der Waals surface area contributed by atoms with Gasteiger partial charge in [-0.25, -0.2) is 0 Å². The van der Waals surface area contributed by atoms with Crippen LogP contribution in [0, 0.1) is 0 Å². The first-order chi connectivity index (χ1) is 15.1. The number of piperidine rings is 1. The van der Waals surface area contributed by atoms with Crippen molar-refractivity contribution in [3.05, 3.63) is 66.2 Å². The smallest absolute Gasteiger partial charge is 0.325 e. The van der Waals surface area contributed by atoms with Crippen LogP contribution in [-0.4, -0.2) is 67.2 Å². The minimum atomic E-state index is -0.578. The third kappa shape index (κ3) is 4.59. The van der Waals surface area contributed by atoms with E-state index in [1.807, 2.05) is 36.4 Å². The van der Waals surface area contributed by atoms with Gasteiger partial charge in [-0.2, -0.15) is 0 Å². The molecule has 0 bridgehead atoms. The van der Waals surface area contributed by atoms with Gasteiger partial charge < -0.3 is 19.4 Å². The zero-order valence-corrected chi connectivity index (χ0v) is 18.2. The fourth-order valence-corrected chi connectivity index (χ4v) is 4.84. The Morgan fingerprint density at radius 1 is 1.00 bits per heavy atom. The van der Waals surface area contributed by atoms with Crippen LogP contribution in [0.4, 0.5) is 5.69 Å². The van der Waals surface area contributed by atoms with Gasteiger partial charge in [-0.15, -0.1) is 0 Å². The van der Waals surface area contributed by atoms with Crippen LogP contribution >= 0.6 is 0 Å². The summed E-state index contributed by atoms with van der Waals surface area (Å²) in [6.45, 7) is 3.23. The Kier molecular flexibility index (Phi) is 6.56. The molecule has 2 aromatic rings. The van der Waals surface area contributed by atoms with Crippen LogP contribution in [-0.2, 0) is 20.7 Å². The molecule has 2 fully saturated rings. The number of likely N-dealkylation sites (tertiary alicyclic amines) is 1. The predicted octanol–water partition coefficient (Wildman–Crippen LogP) is 2.93. The van der Waals surface area contributed by atoms with Crippen LogP contribution in [0.2, 0.25) is 0 Å². The predicted molar refractivity (Wildman–Crippen MR) is 121 cm³/mol. The van der Waals surface area contributed by atoms with Crippen molar-refractivity contribution >= 4 is 17.6 Å². The van der Waals surface area contributed by atoms with Crippen molar-refractivity contribution in [1.82, 2.24) is 9.80 Å². The molecule has 2 saturated heterocycles. The summed E-state index contributed by atoms with van der Waals surface area (Å²) in [6.07, 6.45) is 3.72. The molecule has 1 spiro atoms. The lowest BCUT2D eigenvalue weighted by molar-refractivity contribution is -0.146. The topological polar surface area (TPSA) is 53.1 Å². The SMILES string of the molecule is COC(=O)CN1CN(c2ccccc2)C2(CCN(CCCc3ccccc3)CC2)C1=O. The van der Waals surface area contributed by atoms with E-state index in [1.54, 1.807) is 4.90 Å². The van der Waals surface area contributed by atoms with E-state index < -0.39 is 5.54 Å². The summed E-state index contributed by atoms with van der Waals surface area (Å²) in [5, 5.41) is 0. The Bertz CT molecular complexity index is 879. The molecule has 6 nitrogen and oxygen atoms in total. The second-order valence-electron chi connectivity index (χ2n) is 8.45. The number of carbonyl (C=O) groups is 2. The van der Waals surface area contributed by atoms with Gasteiger partial charge in [0, 0.05) is 18.8 Å². The highest BCUT2D eigenvalue weighted by Gasteiger charge is 2.53. The van der Waals surface area contributed by atoms with Crippen LogP contribution < -0.4 is 4.90 Å². The fraction of sp³-hybridized carbons (Fsp3) is 0.440. The lowest BCUT2D eigenvalue weighted by Crippen LogP contribution is -2.56. The van der Waals surface area contributed by atoms with Gasteiger partial charge in [-0.1, -0.05) is 48.5 Å². The van der Waals surface area contributed by atoms with E-state index in [4.69, 9.17) is 4.74 Å². The van der Waals surface area contributed by atoms with Crippen molar-refractivity contribution in [2.75, 3.05) is 44.9 Å². The molecule has 0 radical (unpaired) electrons. The van der Waals surface area contributed by atoms with Crippen LogP contribution in [0.25, 0.3) is 0 Å². The summed E-state index contributed by atoms with van der Waals surface area (Å²) in [6, 6.07) is 20.6. The Balaban J connectivity index is 1.42. The lowest BCUT2D eigenvalue weighted by Gasteiger charge is -2.43. The van der Waals surface area contributed by atoms with Crippen LogP contribution in [0.3, 0.4) is 0 Å². The van der Waals surface area contributed by atoms with Crippen molar-refractivity contribution in [1.29, 1.82) is 0 Å². The number of hydrogen-bond donors (Lipinski definition) is 0. The van der Waals surface area contributed by atoms with Gasteiger partial charge in [0.2, 0.25) is 0 Å². The number of anilines is 1. The summed E-state index contributed by atoms with van der Waals surface area (Å²) in [5.41, 5.74) is 1.82. The van der Waals surface area contributed by atoms with Gasteiger partial charge in [0.25, 0.3) is 5.91 Å². The number of hydrogen-bond acceptors (Lipinski definition) is 5. The minimum Gasteiger partial charge on any atom is -0.468 e. The monoisotopic (exact) mass is 421 g/mol. The molecule has 2 aliphatic rings. The normalized spacial score (nSPS) is 18.5. The van der Waals surface area contributed by atoms with Gasteiger partial charge >= 0.3 is 5.97 Å². The van der Waals surface area contributed by atoms with E-state index in [-0.39, 0.29) is 18.4 Å². The molecule has 2 heterocycles. The molecule has 4 rings (SSSR count). The molecule has 6 heteroatoms. The molecule has 0 atom stereocenters. The number of esters is 1. The van der Waals surface area contributed by atoms with Crippen molar-refractivity contribution in [2.45, 2.75) is 31.2 Å². The fourth-order valence-electron chi connectivity index (χ4n) is 4.84. The van der Waals surface area contributed by atoms with E-state index >= 15 is 0 Å². The molecule has 164 valence electrons. The number of benzene rings is 2. The van der Waals surface area contributed by atoms with Crippen LogP contribution in [0.5, 0.6) is 0 Å². The molecule has 2 aliphatic heterocycles. The molecule has 0 saturated carbocycles. The molecule has 1 amide bonds. The second-order valence-corrected chi connectivity index (χ2v) is 8.45. The first-order valence-electron chi connectivity index (χ1n) is 11.1. The summed E-state index contributed by atoms with van der Waals surface area (Å²) in [5.74, 6) is -0.331. The largest absolute Gasteiger partial charge is 0.468 e. The van der Waals surface area contributed by atoms with Crippen molar-refractivity contribution in [3.63, 3.8) is 0 Å². The van der Waals surface area contributed by atoms with Crippen molar-refractivity contribution in [2.24, 2.45) is 0 Å². The van der Waals surface area contributed by atoms with Gasteiger partial charge in [0.05, 0.1) is 13.8 Å². The first kappa shape index (κ1) is 21.4. The van der Waals surface area contributed by atoms with E-state index in [0.717, 1.165) is 51.0 Å². The highest BCUT2D eigenvalue weighted by atomic mass is 16.5. The highest BCUT2D eigenvalue weighted by Crippen LogP contribution is 2.39. The van der Waals surface area contributed by atoms with Gasteiger partial charge in [0.1, 0.15) is 12.1 Å². The second kappa shape index (κ2) is 9.52. The van der Waals surface area contributed by atoms with E-state index in [0.29, 0.717) is 6.67 Å². The molecule has 31 heavy (non-hydrogen) atoms. The van der Waals surface area contributed by atoms with Crippen molar-refractivity contribution in [3.8, 4) is 0 Å². The molecular formula is C25H31N3O3. The zero-order valence-electron chi connectivity index (χ0n) is 18.2. The molecule has 0 N–H and O–H groups in total. The Morgan fingerprint density at radius 3 is 2.29 bits per heavy atom. The molecular weight excluding hydrogens is 390 g/mol. The van der Waals surface area contributed by atoms with Crippen LogP contribution in [0.15, 0.2) is 60.7 Å². The van der Waals surface area contributed by atoms with E-state index in [9.17, 15) is 9.59 Å². The molecule has 0 unspecified atom stereocenters. The van der Waals surface area contributed by atoms with Crippen LogP contribution in [0.1, 0.15) is 24.8 Å². The highest BCUT2D eigenvalue weighted by molar-refractivity contribution is 5.95. The van der Waals surface area contributed by atoms with Crippen molar-refractivity contribution < 1.29 is 14.3 Å². The maximum absolute atomic E-state index is 13.5. The summed E-state index contributed by atoms with van der Waals surface area (Å²) in [7, 11) is 1.36. The Labute approximate surface area is 184 Å². The number of para-hydroxylation sites is 1. The quantitative estimate of drug-likeness (QED) is 0.644. The zero-order chi connectivity index (χ0) is 21.7. The van der Waals surface area contributed by atoms with E-state index in [1.165, 1.54) is 12.7 Å². The number of ether oxygens (including phenoxy) is 1. The number of rotatable bonds is 7. The average Bonchev–Trinajstić information content (AvgIpc) is 3.07. The number of amides is 1. The third-order valence-electron chi connectivity index (χ3n) is 6.60. The van der Waals surface area contributed by atoms with Gasteiger partial charge in [-0.05, 0) is 49.9 Å². The summed E-state index contributed by atoms with van der Waals surface area (Å²) < 4.78 is 4.82. The standard InChI is InChI=1S/C25H31N3O3/c1-31-23(29)19-27-20-28(22-12-6-3-7-13-22)25(24(27)30)14-17-26(18-15-25)16-8-11-21-9-4-2-5-10-21/h2-7,9-10,12-13H,8,11,14-20H2,1H3. The van der Waals surface area contributed by atoms with Gasteiger partial charge in [0.15, 0.2) is 0 Å². The number of aryl methyl sites for hydroxylation is 1. The van der Waals surface area contributed by atoms with Gasteiger partial charge in [-0.3, -0.25) is 9.59 Å². The number of methoxy groups -OCH3 is 1. The molecule has 0 aliphatic carbocycles. The van der Waals surface area contributed by atoms with E-state index in [2.05, 4.69) is 34.1 Å². The Morgan fingerprint density at radius 2 is 1.65 bits per heavy atom. The summed E-state index contributed by atoms with van der Waals surface area (Å²) >= 11 is 0. The lowest BCUT2D eigenvalue weighted by atomic mass is 9.85. The number of nitrogens with zero attached hydrogens (tertiary/aromatic N) is 3. The first-order valence-corrected chi connectivity index (χ1v) is 11.1. The average molecular weight is 422 g/mol. The number of carbonyl (C=O) groups excluding carboxylic acids is 2. The minimum absolute atomic E-state index is 0.00120. The Hall–Kier alpha value is -2.86. The maximum Gasteiger partial charge on any atom is 0.325 e.